The fourth-order valence-corrected chi connectivity index (χ4v) is 15.2. The van der Waals surface area contributed by atoms with Crippen molar-refractivity contribution in [2.24, 2.45) is 50.2 Å². The molecular formula is C48H78O20. The van der Waals surface area contributed by atoms with Crippen molar-refractivity contribution >= 4 is 5.97 Å². The SMILES string of the molecule is CC1(C)CC[C@]2(C(=O)O[C@@H]3O[C@H](CO)[C@@H](O)[C@H](O)[C@H]3O)CC[C@]3(C)C(=CCC4[C@@]5(C)C[C@H](O)[C@H](O[C@@H]6O[C@H](CO)[C@@H](O)[C@H](O[C@@H]7O[C@H](CO)[C@@H](O)[C@H](O)[C@H]7O)[C@H]6O)[C@@](C)(CO)C5CC[C@]43C)[C@@H]2C1. The number of esters is 1. The van der Waals surface area contributed by atoms with Crippen LogP contribution < -0.4 is 0 Å². The molecular weight excluding hydrogens is 897 g/mol. The molecule has 3 aliphatic heterocycles. The Labute approximate surface area is 396 Å². The molecule has 5 aliphatic carbocycles. The molecule has 390 valence electrons. The van der Waals surface area contributed by atoms with Crippen molar-refractivity contribution in [3.8, 4) is 0 Å². The Balaban J connectivity index is 1.05. The van der Waals surface area contributed by atoms with Crippen LogP contribution in [0.25, 0.3) is 0 Å². The fraction of sp³-hybridized carbons (Fsp3) is 0.938. The minimum Gasteiger partial charge on any atom is -0.432 e. The predicted molar refractivity (Wildman–Crippen MR) is 233 cm³/mol. The summed E-state index contributed by atoms with van der Waals surface area (Å²) in [7, 11) is 0. The molecule has 3 saturated heterocycles. The Kier molecular flexibility index (Phi) is 14.6. The van der Waals surface area contributed by atoms with Crippen LogP contribution in [0.4, 0.5) is 0 Å². The maximum Gasteiger partial charge on any atom is 0.315 e. The third-order valence-corrected chi connectivity index (χ3v) is 19.4. The zero-order chi connectivity index (χ0) is 49.8. The summed E-state index contributed by atoms with van der Waals surface area (Å²) in [4.78, 5) is 14.7. The zero-order valence-corrected chi connectivity index (χ0v) is 40.0. The van der Waals surface area contributed by atoms with E-state index in [2.05, 4.69) is 40.7 Å². The average molecular weight is 975 g/mol. The highest BCUT2D eigenvalue weighted by atomic mass is 16.7. The molecule has 25 atom stereocenters. The fourth-order valence-electron chi connectivity index (χ4n) is 15.2. The predicted octanol–water partition coefficient (Wildman–Crippen LogP) is -1.92. The molecule has 3 heterocycles. The van der Waals surface area contributed by atoms with Gasteiger partial charge in [-0.3, -0.25) is 4.79 Å². The van der Waals surface area contributed by atoms with Crippen LogP contribution in [-0.4, -0.2) is 203 Å². The number of rotatable bonds is 10. The summed E-state index contributed by atoms with van der Waals surface area (Å²) in [6, 6.07) is 0. The van der Waals surface area contributed by atoms with Crippen molar-refractivity contribution in [1.29, 1.82) is 0 Å². The number of hydrogen-bond acceptors (Lipinski definition) is 20. The Morgan fingerprint density at radius 2 is 1.16 bits per heavy atom. The van der Waals surface area contributed by atoms with Gasteiger partial charge < -0.3 is 94.8 Å². The van der Waals surface area contributed by atoms with E-state index in [1.807, 2.05) is 6.92 Å². The van der Waals surface area contributed by atoms with Crippen LogP contribution in [0.15, 0.2) is 11.6 Å². The maximum atomic E-state index is 14.7. The second kappa shape index (κ2) is 18.8. The van der Waals surface area contributed by atoms with Crippen LogP contribution in [0.3, 0.4) is 0 Å². The second-order valence-electron chi connectivity index (χ2n) is 23.5. The van der Waals surface area contributed by atoms with Crippen molar-refractivity contribution in [2.45, 2.75) is 204 Å². The van der Waals surface area contributed by atoms with Gasteiger partial charge in [0.2, 0.25) is 6.29 Å². The second-order valence-corrected chi connectivity index (χ2v) is 23.5. The molecule has 8 aliphatic rings. The van der Waals surface area contributed by atoms with E-state index >= 15 is 0 Å². The van der Waals surface area contributed by atoms with Gasteiger partial charge in [-0.1, -0.05) is 53.2 Å². The third-order valence-electron chi connectivity index (χ3n) is 19.4. The molecule has 2 unspecified atom stereocenters. The zero-order valence-electron chi connectivity index (χ0n) is 40.0. The number of carbonyl (C=O) groups excluding carboxylic acids is 1. The van der Waals surface area contributed by atoms with E-state index in [1.54, 1.807) is 0 Å². The molecule has 13 N–H and O–H groups in total. The molecule has 7 fully saturated rings. The van der Waals surface area contributed by atoms with Crippen LogP contribution in [0, 0.1) is 50.2 Å². The minimum atomic E-state index is -1.87. The minimum absolute atomic E-state index is 0.0177. The Morgan fingerprint density at radius 1 is 0.618 bits per heavy atom. The van der Waals surface area contributed by atoms with Gasteiger partial charge in [-0.05, 0) is 97.2 Å². The van der Waals surface area contributed by atoms with E-state index in [0.29, 0.717) is 38.5 Å². The van der Waals surface area contributed by atoms with Crippen molar-refractivity contribution in [1.82, 2.24) is 0 Å². The van der Waals surface area contributed by atoms with Crippen LogP contribution in [-0.2, 0) is 33.2 Å². The first-order valence-electron chi connectivity index (χ1n) is 24.6. The van der Waals surface area contributed by atoms with Crippen molar-refractivity contribution in [3.05, 3.63) is 11.6 Å². The quantitative estimate of drug-likeness (QED) is 0.0645. The van der Waals surface area contributed by atoms with E-state index in [9.17, 15) is 71.2 Å². The van der Waals surface area contributed by atoms with E-state index in [4.69, 9.17) is 28.4 Å². The summed E-state index contributed by atoms with van der Waals surface area (Å²) < 4.78 is 35.3. The van der Waals surface area contributed by atoms with Gasteiger partial charge >= 0.3 is 5.97 Å². The topological polar surface area (TPSA) is 335 Å². The lowest BCUT2D eigenvalue weighted by Crippen LogP contribution is -2.70. The monoisotopic (exact) mass is 975 g/mol. The van der Waals surface area contributed by atoms with E-state index in [-0.39, 0.29) is 35.0 Å². The molecule has 4 saturated carbocycles. The van der Waals surface area contributed by atoms with Crippen LogP contribution >= 0.6 is 0 Å². The van der Waals surface area contributed by atoms with E-state index in [0.717, 1.165) is 12.8 Å². The first-order chi connectivity index (χ1) is 31.8. The van der Waals surface area contributed by atoms with Gasteiger partial charge in [0.15, 0.2) is 12.6 Å². The highest BCUT2D eigenvalue weighted by Gasteiger charge is 2.71. The summed E-state index contributed by atoms with van der Waals surface area (Å²) in [5, 5.41) is 140. The Morgan fingerprint density at radius 3 is 1.75 bits per heavy atom. The Bertz CT molecular complexity index is 1850. The van der Waals surface area contributed by atoms with E-state index in [1.165, 1.54) is 5.57 Å². The number of hydrogen-bond donors (Lipinski definition) is 13. The largest absolute Gasteiger partial charge is 0.432 e. The van der Waals surface area contributed by atoms with Gasteiger partial charge in [0.05, 0.1) is 44.1 Å². The Hall–Kier alpha value is -1.51. The third kappa shape index (κ3) is 8.07. The highest BCUT2D eigenvalue weighted by molar-refractivity contribution is 5.79. The van der Waals surface area contributed by atoms with Gasteiger partial charge in [-0.15, -0.1) is 0 Å². The van der Waals surface area contributed by atoms with Gasteiger partial charge in [-0.2, -0.15) is 0 Å². The van der Waals surface area contributed by atoms with Gasteiger partial charge in [0.25, 0.3) is 0 Å². The lowest BCUT2D eigenvalue weighted by Gasteiger charge is -2.72. The summed E-state index contributed by atoms with van der Waals surface area (Å²) in [6.45, 7) is 10.4. The smallest absolute Gasteiger partial charge is 0.315 e. The van der Waals surface area contributed by atoms with Crippen LogP contribution in [0.2, 0.25) is 0 Å². The lowest BCUT2D eigenvalue weighted by atomic mass is 9.33. The number of fused-ring (bicyclic) bond motifs is 7. The van der Waals surface area contributed by atoms with E-state index < -0.39 is 158 Å². The molecule has 20 heteroatoms. The molecule has 20 nitrogen and oxygen atoms in total. The molecule has 0 aromatic rings. The maximum absolute atomic E-state index is 14.7. The number of aliphatic hydroxyl groups excluding tert-OH is 13. The molecule has 0 aromatic heterocycles. The lowest BCUT2D eigenvalue weighted by molar-refractivity contribution is -0.375. The first-order valence-corrected chi connectivity index (χ1v) is 24.6. The van der Waals surface area contributed by atoms with Gasteiger partial charge in [-0.25, -0.2) is 0 Å². The van der Waals surface area contributed by atoms with Crippen LogP contribution in [0.5, 0.6) is 0 Å². The number of carbonyl (C=O) groups is 1. The van der Waals surface area contributed by atoms with Crippen molar-refractivity contribution in [3.63, 3.8) is 0 Å². The molecule has 0 bridgehead atoms. The molecule has 0 aromatic carbocycles. The number of aliphatic hydroxyl groups is 13. The number of allylic oxidation sites excluding steroid dienone is 2. The average Bonchev–Trinajstić information content (AvgIpc) is 3.29. The normalized spacial score (nSPS) is 54.6. The summed E-state index contributed by atoms with van der Waals surface area (Å²) in [5.74, 6) is -1.04. The molecule has 8 rings (SSSR count). The molecule has 0 spiro atoms. The molecule has 0 radical (unpaired) electrons. The highest BCUT2D eigenvalue weighted by Crippen LogP contribution is 2.76. The van der Waals surface area contributed by atoms with Crippen molar-refractivity contribution < 1.29 is 99.6 Å². The number of ether oxygens (including phenoxy) is 6. The summed E-state index contributed by atoms with van der Waals surface area (Å²) >= 11 is 0. The molecule has 0 amide bonds. The first kappa shape index (κ1) is 52.8. The summed E-state index contributed by atoms with van der Waals surface area (Å²) in [6.07, 6.45) is -19.4. The van der Waals surface area contributed by atoms with Gasteiger partial charge in [0.1, 0.15) is 73.2 Å². The summed E-state index contributed by atoms with van der Waals surface area (Å²) in [5.41, 5.74) is -2.41. The standard InChI is InChI=1S/C48H78O20/c1-43(2)11-13-48(42(62)68-40-35(60)33(58)30(55)25(18-50)64-40)14-12-46(5)21(22(48)15-43)7-8-28-44(3)16-23(53)38(45(4,20-52)27(44)9-10-47(28,46)6)67-41-36(61)37(31(56)26(19-51)65-41)66-39-34(59)32(57)29(54)24(17-49)63-39/h7,22-41,49-61H,8-20H2,1-6H3/t22-,23-,24+,25+,26+,27?,28?,29+,30+,31+,32-,33-,34+,35+,36+,37-,38-,39-,40-,41-,44-,45-,46+,47+,48-/m0/s1. The van der Waals surface area contributed by atoms with Gasteiger partial charge in [0, 0.05) is 5.41 Å². The van der Waals surface area contributed by atoms with Crippen LogP contribution in [0.1, 0.15) is 99.3 Å². The van der Waals surface area contributed by atoms with Crippen molar-refractivity contribution in [2.75, 3.05) is 26.4 Å². The molecule has 68 heavy (non-hydrogen) atoms.